The maximum absolute atomic E-state index is 13.9. The molecule has 2 aliphatic heterocycles. The number of carbonyl (C=O) groups is 6. The number of esters is 5. The van der Waals surface area contributed by atoms with Crippen LogP contribution in [0.25, 0.3) is 0 Å². The van der Waals surface area contributed by atoms with Gasteiger partial charge in [-0.25, -0.2) is 0 Å². The number of hydrogen-bond donors (Lipinski definition) is 2. The summed E-state index contributed by atoms with van der Waals surface area (Å²) in [5.41, 5.74) is -0.541. The van der Waals surface area contributed by atoms with Gasteiger partial charge >= 0.3 is 35.8 Å². The van der Waals surface area contributed by atoms with Crippen molar-refractivity contribution < 1.29 is 62.7 Å². The highest BCUT2D eigenvalue weighted by atomic mass is 16.6. The Labute approximate surface area is 402 Å². The summed E-state index contributed by atoms with van der Waals surface area (Å²) in [5.74, 6) is -0.275. The first-order valence-electron chi connectivity index (χ1n) is 26.9. The Morgan fingerprint density at radius 3 is 1.59 bits per heavy atom. The molecule has 0 aromatic rings. The van der Waals surface area contributed by atoms with Crippen LogP contribution in [0.5, 0.6) is 0 Å². The molecule has 2 heterocycles. The number of nitrogens with zero attached hydrogens (tertiary/aromatic N) is 1. The third-order valence-electron chi connectivity index (χ3n) is 21.0. The van der Waals surface area contributed by atoms with Gasteiger partial charge in [-0.05, 0) is 193 Å². The summed E-state index contributed by atoms with van der Waals surface area (Å²) >= 11 is 0. The van der Waals surface area contributed by atoms with E-state index in [9.17, 15) is 39.0 Å². The number of hydrogen-bond acceptors (Lipinski definition) is 13. The van der Waals surface area contributed by atoms with Crippen molar-refractivity contribution in [2.75, 3.05) is 52.7 Å². The topological polar surface area (TPSA) is 192 Å². The van der Waals surface area contributed by atoms with Crippen LogP contribution in [-0.4, -0.2) is 109 Å². The summed E-state index contributed by atoms with van der Waals surface area (Å²) in [6.07, 6.45) is 10.1. The molecular weight excluding hydrogens is 871 g/mol. The van der Waals surface area contributed by atoms with Crippen molar-refractivity contribution in [1.29, 1.82) is 0 Å². The molecule has 14 nitrogen and oxygen atoms in total. The molecule has 0 aromatic carbocycles. The Morgan fingerprint density at radius 2 is 1.07 bits per heavy atom. The van der Waals surface area contributed by atoms with Gasteiger partial charge in [0.1, 0.15) is 18.8 Å². The number of aliphatic carboxylic acids is 1. The van der Waals surface area contributed by atoms with E-state index in [1.807, 2.05) is 20.8 Å². The van der Waals surface area contributed by atoms with Crippen molar-refractivity contribution in [2.24, 2.45) is 130 Å². The SMILES string of the molecule is CC1C(=O)OC(=O)C1CC1C(CC2C(CC3C(CC4C(C)C5CC(C(=O)OC(C)(C)C)C4C5)C4CC(C(=O)OCCO)C3C4)C3CC(C(=O)O)C2C3)C2CC(C(=O)OCCN3CCOCC3)C1C2. The molecule has 8 aliphatic carbocycles. The molecule has 10 fully saturated rings. The van der Waals surface area contributed by atoms with Gasteiger partial charge in [0.15, 0.2) is 0 Å². The molecule has 2 N–H and O–H groups in total. The quantitative estimate of drug-likeness (QED) is 0.0939. The van der Waals surface area contributed by atoms with E-state index in [4.69, 9.17) is 23.7 Å². The molecule has 0 spiro atoms. The third-order valence-corrected chi connectivity index (χ3v) is 21.0. The Balaban J connectivity index is 0.906. The van der Waals surface area contributed by atoms with Crippen molar-refractivity contribution in [3.63, 3.8) is 0 Å². The van der Waals surface area contributed by atoms with E-state index < -0.39 is 41.3 Å². The fourth-order valence-electron chi connectivity index (χ4n) is 18.2. The number of ether oxygens (including phenoxy) is 5. The standard InChI is InChI=1S/C54H79NO13/c1-26-28-14-37(47(15-28)53(63)68-54(3,4)5)32(26)22-34-30-17-40(46(20-30)51(61)66-13-9-56)43(34)25-35-29-16-38(44(19-29)48(57)58)42(35)24-36-31-18-39(41(36)23-33-27(2)49(59)67-52(33)62)45(21-31)50(60)65-12-8-55-6-10-64-11-7-55/h26-47,56H,6-25H2,1-5H3,(H,57,58). The van der Waals surface area contributed by atoms with Crippen LogP contribution in [0.4, 0.5) is 0 Å². The van der Waals surface area contributed by atoms with Gasteiger partial charge in [0, 0.05) is 19.6 Å². The molecule has 0 aromatic heterocycles. The van der Waals surface area contributed by atoms with Gasteiger partial charge in [0.25, 0.3) is 0 Å². The van der Waals surface area contributed by atoms with E-state index in [-0.39, 0.29) is 114 Å². The second kappa shape index (κ2) is 19.1. The van der Waals surface area contributed by atoms with E-state index in [1.165, 1.54) is 0 Å². The highest BCUT2D eigenvalue weighted by Crippen LogP contribution is 2.68. The lowest BCUT2D eigenvalue weighted by atomic mass is 9.60. The number of rotatable bonds is 17. The summed E-state index contributed by atoms with van der Waals surface area (Å²) in [5, 5.41) is 20.2. The number of fused-ring (bicyclic) bond motifs is 8. The van der Waals surface area contributed by atoms with Crippen LogP contribution in [-0.2, 0) is 52.5 Å². The smallest absolute Gasteiger partial charge is 0.317 e. The zero-order valence-corrected chi connectivity index (χ0v) is 41.2. The molecule has 8 bridgehead atoms. The summed E-state index contributed by atoms with van der Waals surface area (Å²) in [6, 6.07) is 0. The fourth-order valence-corrected chi connectivity index (χ4v) is 18.2. The van der Waals surface area contributed by atoms with Crippen molar-refractivity contribution in [3.8, 4) is 0 Å². The van der Waals surface area contributed by atoms with Crippen LogP contribution in [0.1, 0.15) is 112 Å². The first-order chi connectivity index (χ1) is 32.5. The predicted octanol–water partition coefficient (Wildman–Crippen LogP) is 6.29. The molecule has 14 heteroatoms. The molecule has 22 atom stereocenters. The monoisotopic (exact) mass is 950 g/mol. The molecule has 378 valence electrons. The van der Waals surface area contributed by atoms with Crippen LogP contribution in [0.2, 0.25) is 0 Å². The Morgan fingerprint density at radius 1 is 0.603 bits per heavy atom. The number of cyclic esters (lactones) is 2. The summed E-state index contributed by atoms with van der Waals surface area (Å²) in [6.45, 7) is 13.7. The maximum atomic E-state index is 13.9. The number of morpholine rings is 1. The lowest BCUT2D eigenvalue weighted by Gasteiger charge is -2.45. The zero-order valence-electron chi connectivity index (χ0n) is 41.2. The second-order valence-electron chi connectivity index (χ2n) is 25.0. The lowest BCUT2D eigenvalue weighted by Crippen LogP contribution is -2.42. The van der Waals surface area contributed by atoms with Gasteiger partial charge in [0.05, 0.1) is 55.3 Å². The van der Waals surface area contributed by atoms with Gasteiger partial charge in [-0.15, -0.1) is 0 Å². The summed E-state index contributed by atoms with van der Waals surface area (Å²) in [7, 11) is 0. The molecule has 22 unspecified atom stereocenters. The van der Waals surface area contributed by atoms with Gasteiger partial charge in [0.2, 0.25) is 0 Å². The normalized spacial score (nSPS) is 45.6. The van der Waals surface area contributed by atoms with Crippen LogP contribution in [0.3, 0.4) is 0 Å². The molecule has 10 rings (SSSR count). The molecule has 10 aliphatic rings. The highest BCUT2D eigenvalue weighted by molar-refractivity contribution is 5.96. The second-order valence-corrected chi connectivity index (χ2v) is 25.0. The van der Waals surface area contributed by atoms with Crippen LogP contribution in [0.15, 0.2) is 0 Å². The van der Waals surface area contributed by atoms with E-state index >= 15 is 0 Å². The lowest BCUT2D eigenvalue weighted by molar-refractivity contribution is -0.163. The van der Waals surface area contributed by atoms with Gasteiger partial charge in [-0.1, -0.05) is 13.8 Å². The molecule has 0 radical (unpaired) electrons. The number of aliphatic hydroxyl groups excluding tert-OH is 1. The Kier molecular flexibility index (Phi) is 13.7. The van der Waals surface area contributed by atoms with Gasteiger partial charge < -0.3 is 33.9 Å². The predicted molar refractivity (Wildman–Crippen MR) is 244 cm³/mol. The molecule has 0 amide bonds. The van der Waals surface area contributed by atoms with Crippen LogP contribution in [0, 0.1) is 130 Å². The average Bonchev–Trinajstić information content (AvgIpc) is 4.18. The van der Waals surface area contributed by atoms with Crippen molar-refractivity contribution in [1.82, 2.24) is 4.90 Å². The van der Waals surface area contributed by atoms with E-state index in [2.05, 4.69) is 11.8 Å². The maximum Gasteiger partial charge on any atom is 0.317 e. The molecule has 68 heavy (non-hydrogen) atoms. The molecule has 2 saturated heterocycles. The minimum Gasteiger partial charge on any atom is -0.481 e. The van der Waals surface area contributed by atoms with Crippen LogP contribution >= 0.6 is 0 Å². The molecule has 8 saturated carbocycles. The minimum atomic E-state index is -0.722. The number of aliphatic hydroxyl groups is 1. The zero-order chi connectivity index (χ0) is 47.9. The largest absolute Gasteiger partial charge is 0.481 e. The summed E-state index contributed by atoms with van der Waals surface area (Å²) in [4.78, 5) is 82.5. The van der Waals surface area contributed by atoms with Crippen molar-refractivity contribution >= 4 is 35.8 Å². The van der Waals surface area contributed by atoms with E-state index in [1.54, 1.807) is 6.92 Å². The van der Waals surface area contributed by atoms with Gasteiger partial charge in [-0.2, -0.15) is 0 Å². The van der Waals surface area contributed by atoms with Gasteiger partial charge in [-0.3, -0.25) is 33.7 Å². The number of carboxylic acids is 1. The van der Waals surface area contributed by atoms with Crippen molar-refractivity contribution in [2.45, 2.75) is 117 Å². The Hall–Kier alpha value is -3.10. The van der Waals surface area contributed by atoms with Crippen LogP contribution < -0.4 is 0 Å². The highest BCUT2D eigenvalue weighted by Gasteiger charge is 2.64. The first-order valence-corrected chi connectivity index (χ1v) is 26.9. The average molecular weight is 950 g/mol. The van der Waals surface area contributed by atoms with E-state index in [0.717, 1.165) is 77.3 Å². The summed E-state index contributed by atoms with van der Waals surface area (Å²) < 4.78 is 28.3. The number of carboxylic acid groups (broad SMARTS) is 1. The molecular formula is C54H79NO13. The minimum absolute atomic E-state index is 0.00221. The van der Waals surface area contributed by atoms with Crippen molar-refractivity contribution in [3.05, 3.63) is 0 Å². The number of carbonyl (C=O) groups excluding carboxylic acids is 5. The van der Waals surface area contributed by atoms with E-state index in [0.29, 0.717) is 68.8 Å². The Bertz CT molecular complexity index is 1940. The first kappa shape index (κ1) is 48.5. The third kappa shape index (κ3) is 8.97. The fraction of sp³-hybridized carbons (Fsp3) is 0.889.